The molecule has 31 heavy (non-hydrogen) atoms. The number of hydrogen-bond acceptors (Lipinski definition) is 3. The highest BCUT2D eigenvalue weighted by Crippen LogP contribution is 2.24. The van der Waals surface area contributed by atoms with Crippen molar-refractivity contribution in [1.82, 2.24) is 19.7 Å². The summed E-state index contributed by atoms with van der Waals surface area (Å²) in [5, 5.41) is 1.61. The van der Waals surface area contributed by atoms with Crippen LogP contribution in [0.25, 0.3) is 10.9 Å². The zero-order chi connectivity index (χ0) is 21.4. The maximum absolute atomic E-state index is 13.1. The van der Waals surface area contributed by atoms with Crippen LogP contribution in [0.4, 0.5) is 0 Å². The first-order valence-electron chi connectivity index (χ1n) is 10.7. The lowest BCUT2D eigenvalue weighted by Gasteiger charge is -2.38. The number of halogens is 1. The lowest BCUT2D eigenvalue weighted by Crippen LogP contribution is -2.52. The zero-order valence-corrected chi connectivity index (χ0v) is 18.0. The molecule has 2 amide bonds. The van der Waals surface area contributed by atoms with E-state index in [4.69, 9.17) is 11.6 Å². The average molecular weight is 437 g/mol. The van der Waals surface area contributed by atoms with Gasteiger partial charge in [-0.15, -0.1) is 0 Å². The molecule has 2 aliphatic rings. The van der Waals surface area contributed by atoms with Crippen LogP contribution in [0.1, 0.15) is 27.1 Å². The van der Waals surface area contributed by atoms with E-state index in [0.717, 1.165) is 49.1 Å². The number of piperazine rings is 1. The Balaban J connectivity index is 1.18. The van der Waals surface area contributed by atoms with Gasteiger partial charge in [0, 0.05) is 73.0 Å². The number of aromatic amines is 1. The minimum absolute atomic E-state index is 0.0545. The van der Waals surface area contributed by atoms with Crippen molar-refractivity contribution in [1.29, 1.82) is 0 Å². The Morgan fingerprint density at radius 1 is 0.871 bits per heavy atom. The van der Waals surface area contributed by atoms with Gasteiger partial charge in [0.05, 0.1) is 5.56 Å². The molecule has 2 saturated heterocycles. The minimum Gasteiger partial charge on any atom is -0.360 e. The Kier molecular flexibility index (Phi) is 5.42. The second-order valence-corrected chi connectivity index (χ2v) is 8.71. The summed E-state index contributed by atoms with van der Waals surface area (Å²) in [6.45, 7) is 4.58. The van der Waals surface area contributed by atoms with Crippen LogP contribution < -0.4 is 0 Å². The van der Waals surface area contributed by atoms with Crippen molar-refractivity contribution in [3.05, 3.63) is 70.9 Å². The summed E-state index contributed by atoms with van der Waals surface area (Å²) in [5.41, 5.74) is 2.41. The molecule has 0 radical (unpaired) electrons. The molecule has 6 nitrogen and oxygen atoms in total. The third-order valence-electron chi connectivity index (χ3n) is 6.48. The number of nitrogens with zero attached hydrogens (tertiary/aromatic N) is 3. The molecule has 2 aromatic carbocycles. The third-order valence-corrected chi connectivity index (χ3v) is 6.73. The molecule has 160 valence electrons. The van der Waals surface area contributed by atoms with E-state index in [0.29, 0.717) is 29.7 Å². The predicted octanol–water partition coefficient (Wildman–Crippen LogP) is 3.49. The van der Waals surface area contributed by atoms with Gasteiger partial charge in [-0.1, -0.05) is 29.8 Å². The molecule has 0 unspecified atom stereocenters. The van der Waals surface area contributed by atoms with Gasteiger partial charge in [0.1, 0.15) is 0 Å². The summed E-state index contributed by atoms with van der Waals surface area (Å²) in [4.78, 5) is 35.3. The molecule has 0 aliphatic carbocycles. The second kappa shape index (κ2) is 8.36. The van der Waals surface area contributed by atoms with Crippen molar-refractivity contribution in [2.45, 2.75) is 12.5 Å². The van der Waals surface area contributed by atoms with E-state index < -0.39 is 0 Å². The Morgan fingerprint density at radius 3 is 2.39 bits per heavy atom. The molecule has 2 fully saturated rings. The Labute approximate surface area is 186 Å². The number of likely N-dealkylation sites (tertiary alicyclic amines) is 1. The number of rotatable bonds is 3. The number of hydrogen-bond donors (Lipinski definition) is 1. The van der Waals surface area contributed by atoms with Gasteiger partial charge in [0.25, 0.3) is 11.8 Å². The minimum atomic E-state index is 0.0545. The molecule has 0 spiro atoms. The zero-order valence-electron chi connectivity index (χ0n) is 17.3. The van der Waals surface area contributed by atoms with Crippen LogP contribution in [0.3, 0.4) is 0 Å². The number of aromatic nitrogens is 1. The van der Waals surface area contributed by atoms with Gasteiger partial charge in [0.2, 0.25) is 0 Å². The fourth-order valence-electron chi connectivity index (χ4n) is 4.71. The molecule has 2 aliphatic heterocycles. The summed E-state index contributed by atoms with van der Waals surface area (Å²) < 4.78 is 0. The lowest BCUT2D eigenvalue weighted by molar-refractivity contribution is 0.0568. The molecule has 3 aromatic rings. The van der Waals surface area contributed by atoms with Crippen molar-refractivity contribution < 1.29 is 9.59 Å². The quantitative estimate of drug-likeness (QED) is 0.683. The number of fused-ring (bicyclic) bond motifs is 1. The molecular weight excluding hydrogens is 412 g/mol. The summed E-state index contributed by atoms with van der Waals surface area (Å²) >= 11 is 5.93. The van der Waals surface area contributed by atoms with E-state index in [1.807, 2.05) is 40.3 Å². The van der Waals surface area contributed by atoms with E-state index in [1.54, 1.807) is 24.3 Å². The monoisotopic (exact) mass is 436 g/mol. The van der Waals surface area contributed by atoms with Crippen LogP contribution in [0.2, 0.25) is 5.02 Å². The second-order valence-electron chi connectivity index (χ2n) is 8.28. The van der Waals surface area contributed by atoms with Crippen LogP contribution >= 0.6 is 11.6 Å². The molecule has 1 aromatic heterocycles. The Morgan fingerprint density at radius 2 is 1.61 bits per heavy atom. The third kappa shape index (κ3) is 3.93. The number of carbonyl (C=O) groups excluding carboxylic acids is 2. The Hall–Kier alpha value is -2.83. The van der Waals surface area contributed by atoms with Crippen molar-refractivity contribution in [3.8, 4) is 0 Å². The number of carbonyl (C=O) groups is 2. The molecule has 0 bridgehead atoms. The lowest BCUT2D eigenvalue weighted by atomic mass is 10.1. The van der Waals surface area contributed by atoms with Gasteiger partial charge < -0.3 is 14.8 Å². The van der Waals surface area contributed by atoms with E-state index >= 15 is 0 Å². The van der Waals surface area contributed by atoms with Gasteiger partial charge in [0.15, 0.2) is 0 Å². The van der Waals surface area contributed by atoms with E-state index in [-0.39, 0.29) is 11.8 Å². The fraction of sp³-hybridized carbons (Fsp3) is 0.333. The molecule has 5 rings (SSSR count). The summed E-state index contributed by atoms with van der Waals surface area (Å²) in [6, 6.07) is 15.3. The van der Waals surface area contributed by atoms with Crippen molar-refractivity contribution in [3.63, 3.8) is 0 Å². The summed E-state index contributed by atoms with van der Waals surface area (Å²) in [7, 11) is 0. The van der Waals surface area contributed by atoms with E-state index in [9.17, 15) is 9.59 Å². The van der Waals surface area contributed by atoms with Gasteiger partial charge in [-0.2, -0.15) is 0 Å². The SMILES string of the molecule is O=C(c1ccc(Cl)cc1)N1CCN([C@H]2CCN(C(=O)c3c[nH]c4ccccc34)C2)CC1. The first-order valence-corrected chi connectivity index (χ1v) is 11.1. The van der Waals surface area contributed by atoms with Crippen molar-refractivity contribution >= 4 is 34.3 Å². The molecule has 1 N–H and O–H groups in total. The number of H-pyrrole nitrogens is 1. The van der Waals surface area contributed by atoms with Gasteiger partial charge >= 0.3 is 0 Å². The topological polar surface area (TPSA) is 59.7 Å². The van der Waals surface area contributed by atoms with Crippen LogP contribution in [-0.2, 0) is 0 Å². The van der Waals surface area contributed by atoms with Crippen LogP contribution in [0.5, 0.6) is 0 Å². The maximum atomic E-state index is 13.1. The smallest absolute Gasteiger partial charge is 0.256 e. The summed E-state index contributed by atoms with van der Waals surface area (Å²) in [6.07, 6.45) is 2.79. The largest absolute Gasteiger partial charge is 0.360 e. The van der Waals surface area contributed by atoms with Gasteiger partial charge in [-0.3, -0.25) is 14.5 Å². The number of amides is 2. The molecule has 3 heterocycles. The summed E-state index contributed by atoms with van der Waals surface area (Å²) in [5.74, 6) is 0.149. The molecular formula is C24H25ClN4O2. The highest BCUT2D eigenvalue weighted by Gasteiger charge is 2.33. The normalized spacial score (nSPS) is 19.8. The number of nitrogens with one attached hydrogen (secondary N) is 1. The molecule has 7 heteroatoms. The van der Waals surface area contributed by atoms with E-state index in [1.165, 1.54) is 0 Å². The van der Waals surface area contributed by atoms with Gasteiger partial charge in [-0.05, 0) is 36.8 Å². The standard InChI is InChI=1S/C24H25ClN4O2/c25-18-7-5-17(6-8-18)23(30)28-13-11-27(12-14-28)19-9-10-29(16-19)24(31)21-15-26-22-4-2-1-3-20(21)22/h1-8,15,19,26H,9-14,16H2/t19-/m0/s1. The first-order chi connectivity index (χ1) is 15.1. The van der Waals surface area contributed by atoms with E-state index in [2.05, 4.69) is 9.88 Å². The number of para-hydroxylation sites is 1. The van der Waals surface area contributed by atoms with Crippen LogP contribution in [-0.4, -0.2) is 76.8 Å². The first kappa shape index (κ1) is 20.1. The van der Waals surface area contributed by atoms with Crippen molar-refractivity contribution in [2.24, 2.45) is 0 Å². The molecule has 0 saturated carbocycles. The molecule has 1 atom stereocenters. The predicted molar refractivity (Wildman–Crippen MR) is 122 cm³/mol. The van der Waals surface area contributed by atoms with Crippen molar-refractivity contribution in [2.75, 3.05) is 39.3 Å². The van der Waals surface area contributed by atoms with Gasteiger partial charge in [-0.25, -0.2) is 0 Å². The highest BCUT2D eigenvalue weighted by molar-refractivity contribution is 6.30. The number of benzene rings is 2. The van der Waals surface area contributed by atoms with Crippen LogP contribution in [0.15, 0.2) is 54.7 Å². The highest BCUT2D eigenvalue weighted by atomic mass is 35.5. The maximum Gasteiger partial charge on any atom is 0.256 e. The Bertz CT molecular complexity index is 1100. The fourth-order valence-corrected chi connectivity index (χ4v) is 4.83. The average Bonchev–Trinajstić information content (AvgIpc) is 3.47. The van der Waals surface area contributed by atoms with Crippen LogP contribution in [0, 0.1) is 0 Å².